The van der Waals surface area contributed by atoms with Crippen LogP contribution >= 0.6 is 0 Å². The lowest BCUT2D eigenvalue weighted by atomic mass is 10.1. The Bertz CT molecular complexity index is 3040. The largest absolute Gasteiger partial charge is 0.490 e. The molecule has 0 aliphatic rings. The Morgan fingerprint density at radius 1 is 0.507 bits per heavy atom. The third kappa shape index (κ3) is 17.3. The quantitative estimate of drug-likeness (QED) is 0.0576. The Labute approximate surface area is 424 Å². The van der Waals surface area contributed by atoms with Crippen molar-refractivity contribution >= 4 is 40.5 Å². The van der Waals surface area contributed by atoms with Crippen LogP contribution in [0.4, 0.5) is 62.3 Å². The highest BCUT2D eigenvalue weighted by molar-refractivity contribution is 6.07. The molecule has 3 N–H and O–H groups in total. The first-order valence-corrected chi connectivity index (χ1v) is 22.4. The van der Waals surface area contributed by atoms with Crippen LogP contribution in [0.3, 0.4) is 0 Å². The number of nitrogens with one attached hydrogen (secondary N) is 3. The molecule has 0 aliphatic carbocycles. The van der Waals surface area contributed by atoms with Gasteiger partial charge in [-0.3, -0.25) is 24.5 Å². The van der Waals surface area contributed by atoms with Crippen molar-refractivity contribution in [1.82, 2.24) is 0 Å². The average Bonchev–Trinajstić information content (AvgIpc) is 3.31. The number of anilines is 3. The lowest BCUT2D eigenvalue weighted by molar-refractivity contribution is -0.388. The maximum absolute atomic E-state index is 13.0. The highest BCUT2D eigenvalue weighted by Gasteiger charge is 2.39. The summed E-state index contributed by atoms with van der Waals surface area (Å²) in [5.74, 6) is -0.827. The smallest absolute Gasteiger partial charge is 0.423 e. The zero-order chi connectivity index (χ0) is 56.0. The van der Waals surface area contributed by atoms with Gasteiger partial charge in [-0.15, -0.1) is 0 Å². The third-order valence-corrected chi connectivity index (χ3v) is 9.74. The van der Waals surface area contributed by atoms with Gasteiger partial charge in [-0.05, 0) is 133 Å². The van der Waals surface area contributed by atoms with E-state index in [1.807, 2.05) is 13.8 Å². The maximum atomic E-state index is 13.0. The minimum Gasteiger partial charge on any atom is -0.490 e. The molecule has 0 saturated carbocycles. The van der Waals surface area contributed by atoms with Gasteiger partial charge >= 0.3 is 18.5 Å². The van der Waals surface area contributed by atoms with Gasteiger partial charge in [0.2, 0.25) is 0 Å². The van der Waals surface area contributed by atoms with E-state index in [-0.39, 0.29) is 63.4 Å². The molecule has 396 valence electrons. The van der Waals surface area contributed by atoms with Crippen LogP contribution in [0.2, 0.25) is 0 Å². The van der Waals surface area contributed by atoms with Crippen LogP contribution < -0.4 is 30.2 Å². The summed E-state index contributed by atoms with van der Waals surface area (Å²) in [5, 5.41) is 26.8. The van der Waals surface area contributed by atoms with Gasteiger partial charge in [-0.1, -0.05) is 42.5 Å². The van der Waals surface area contributed by atoms with Crippen LogP contribution in [0.5, 0.6) is 17.2 Å². The molecule has 0 spiro atoms. The van der Waals surface area contributed by atoms with Crippen molar-refractivity contribution < 1.29 is 73.0 Å². The van der Waals surface area contributed by atoms with E-state index in [1.165, 1.54) is 43.3 Å². The topological polar surface area (TPSA) is 182 Å². The molecule has 6 aromatic rings. The number of alkyl halides is 9. The van der Waals surface area contributed by atoms with E-state index in [2.05, 4.69) is 16.0 Å². The van der Waals surface area contributed by atoms with Crippen molar-refractivity contribution in [3.63, 3.8) is 0 Å². The van der Waals surface area contributed by atoms with Gasteiger partial charge in [0.15, 0.2) is 0 Å². The molecular formula is C53H48F9N5O8. The van der Waals surface area contributed by atoms with Crippen molar-refractivity contribution in [1.29, 1.82) is 5.26 Å². The number of rotatable bonds is 13. The third-order valence-electron chi connectivity index (χ3n) is 9.74. The minimum atomic E-state index is -4.93. The molecule has 0 atom stereocenters. The molecule has 3 amide bonds. The standard InChI is InChI=1S/C18H15F3N2O2.C18H18F3NO2.C17H15F3N2O4/c1-11(2)25-16-6-4-3-5-14(16)17(24)23-13-8-7-12(10-22)15(9-13)18(19,20)21;1-11(2)24-16-7-5-4-6-14(16)17(23)22-13-9-8-12(3)15(10-13)18(19,20)21;1-10(2)26-15-6-4-3-5-12(15)16(23)21-11-7-8-14(22(24)25)13(9-11)17(18,19)20/h3-9,11H,1-2H3,(H,23,24);4-11H,1-3H3,(H,22,23);3-10H,1-2H3,(H,21,23). The molecule has 13 nitrogen and oxygen atoms in total. The molecule has 0 fully saturated rings. The molecule has 0 aromatic heterocycles. The maximum Gasteiger partial charge on any atom is 0.423 e. The lowest BCUT2D eigenvalue weighted by Gasteiger charge is -2.15. The summed E-state index contributed by atoms with van der Waals surface area (Å²) in [5.41, 5.74) is -4.39. The Morgan fingerprint density at radius 3 is 1.16 bits per heavy atom. The zero-order valence-corrected chi connectivity index (χ0v) is 40.9. The number of para-hydroxylation sites is 3. The van der Waals surface area contributed by atoms with E-state index in [4.69, 9.17) is 19.5 Å². The van der Waals surface area contributed by atoms with Crippen LogP contribution in [-0.2, 0) is 18.5 Å². The summed E-state index contributed by atoms with van der Waals surface area (Å²) >= 11 is 0. The molecule has 0 heterocycles. The van der Waals surface area contributed by atoms with Gasteiger partial charge < -0.3 is 30.2 Å². The highest BCUT2D eigenvalue weighted by Crippen LogP contribution is 2.39. The van der Waals surface area contributed by atoms with Crippen LogP contribution in [0.15, 0.2) is 127 Å². The Morgan fingerprint density at radius 2 is 0.827 bits per heavy atom. The summed E-state index contributed by atoms with van der Waals surface area (Å²) < 4.78 is 134. The average molecular weight is 1050 g/mol. The number of carbonyl (C=O) groups excluding carboxylic acids is 3. The molecule has 75 heavy (non-hydrogen) atoms. The first-order chi connectivity index (χ1) is 35.0. The summed E-state index contributed by atoms with van der Waals surface area (Å²) in [6, 6.07) is 29.8. The fourth-order valence-corrected chi connectivity index (χ4v) is 6.59. The Hall–Kier alpha value is -8.61. The molecule has 6 rings (SSSR count). The number of carbonyl (C=O) groups is 3. The van der Waals surface area contributed by atoms with Crippen molar-refractivity contribution in [2.45, 2.75) is 85.3 Å². The van der Waals surface area contributed by atoms with Crippen molar-refractivity contribution in [3.8, 4) is 23.3 Å². The van der Waals surface area contributed by atoms with Crippen molar-refractivity contribution in [2.75, 3.05) is 16.0 Å². The predicted molar refractivity (Wildman–Crippen MR) is 261 cm³/mol. The number of nitrogens with zero attached hydrogens (tertiary/aromatic N) is 2. The molecule has 0 bridgehead atoms. The number of hydrogen-bond acceptors (Lipinski definition) is 9. The van der Waals surface area contributed by atoms with Crippen LogP contribution in [0, 0.1) is 28.4 Å². The van der Waals surface area contributed by atoms with E-state index in [9.17, 15) is 64.0 Å². The molecule has 0 aliphatic heterocycles. The number of amides is 3. The number of aryl methyl sites for hydroxylation is 1. The van der Waals surface area contributed by atoms with Crippen LogP contribution in [0.1, 0.15) is 100 Å². The van der Waals surface area contributed by atoms with Crippen molar-refractivity contribution in [2.24, 2.45) is 0 Å². The second-order valence-corrected chi connectivity index (χ2v) is 16.7. The van der Waals surface area contributed by atoms with Gasteiger partial charge in [0.25, 0.3) is 23.4 Å². The van der Waals surface area contributed by atoms with Gasteiger partial charge in [0.1, 0.15) is 22.8 Å². The minimum absolute atomic E-state index is 0.0596. The number of nitro benzene ring substituents is 1. The molecule has 0 saturated heterocycles. The van der Waals surface area contributed by atoms with Gasteiger partial charge in [0, 0.05) is 23.1 Å². The fourth-order valence-electron chi connectivity index (χ4n) is 6.59. The lowest BCUT2D eigenvalue weighted by Crippen LogP contribution is -2.16. The number of nitriles is 1. The summed E-state index contributed by atoms with van der Waals surface area (Å²) in [7, 11) is 0. The Balaban J connectivity index is 0.000000244. The zero-order valence-electron chi connectivity index (χ0n) is 40.9. The number of halogens is 9. The van der Waals surface area contributed by atoms with Crippen LogP contribution in [0.25, 0.3) is 0 Å². The second kappa shape index (κ2) is 25.4. The molecule has 22 heteroatoms. The monoisotopic (exact) mass is 1050 g/mol. The van der Waals surface area contributed by atoms with Gasteiger partial charge in [-0.2, -0.15) is 44.8 Å². The van der Waals surface area contributed by atoms with Gasteiger partial charge in [0.05, 0.1) is 62.7 Å². The fraction of sp³-hybridized carbons (Fsp3) is 0.245. The van der Waals surface area contributed by atoms with E-state index < -0.39 is 69.1 Å². The summed E-state index contributed by atoms with van der Waals surface area (Å²) in [4.78, 5) is 46.8. The highest BCUT2D eigenvalue weighted by atomic mass is 19.4. The van der Waals surface area contributed by atoms with E-state index >= 15 is 0 Å². The predicted octanol–water partition coefficient (Wildman–Crippen LogP) is 14.3. The normalized spacial score (nSPS) is 11.3. The molecule has 0 radical (unpaired) electrons. The van der Waals surface area contributed by atoms with E-state index in [0.29, 0.717) is 23.6 Å². The molecule has 6 aromatic carbocycles. The number of hydrogen-bond donors (Lipinski definition) is 3. The van der Waals surface area contributed by atoms with E-state index in [0.717, 1.165) is 24.3 Å². The SMILES string of the molecule is CC(C)Oc1ccccc1C(=O)Nc1ccc(C#N)c(C(F)(F)F)c1.CC(C)Oc1ccccc1C(=O)Nc1ccc([N+](=O)[O-])c(C(F)(F)F)c1.Cc1ccc(NC(=O)c2ccccc2OC(C)C)cc1C(F)(F)F. The second-order valence-electron chi connectivity index (χ2n) is 16.7. The number of ether oxygens (including phenoxy) is 3. The Kier molecular flexibility index (Phi) is 19.9. The molecular weight excluding hydrogens is 1010 g/mol. The van der Waals surface area contributed by atoms with Crippen molar-refractivity contribution in [3.05, 3.63) is 182 Å². The van der Waals surface area contributed by atoms with E-state index in [1.54, 1.807) is 88.4 Å². The first-order valence-electron chi connectivity index (χ1n) is 22.4. The van der Waals surface area contributed by atoms with Gasteiger partial charge in [-0.25, -0.2) is 0 Å². The molecule has 0 unspecified atom stereocenters. The summed E-state index contributed by atoms with van der Waals surface area (Å²) in [6.45, 7) is 12.1. The first kappa shape index (κ1) is 59.0. The number of nitro groups is 1. The van der Waals surface area contributed by atoms with Crippen LogP contribution in [-0.4, -0.2) is 41.0 Å². The number of benzene rings is 6. The summed E-state index contributed by atoms with van der Waals surface area (Å²) in [6.07, 6.45) is -14.6.